The molecule has 1 aromatic rings. The highest BCUT2D eigenvalue weighted by Crippen LogP contribution is 2.30. The fourth-order valence-corrected chi connectivity index (χ4v) is 3.01. The number of nitro benzene ring substituents is 1. The Morgan fingerprint density at radius 3 is 2.48 bits per heavy atom. The maximum absolute atomic E-state index is 11.8. The molecule has 0 radical (unpaired) electrons. The fourth-order valence-electron chi connectivity index (χ4n) is 2.72. The summed E-state index contributed by atoms with van der Waals surface area (Å²) in [6.07, 6.45) is 0.346. The number of esters is 1. The first kappa shape index (κ1) is 20.6. The Labute approximate surface area is 162 Å². The second-order valence-electron chi connectivity index (χ2n) is 5.86. The van der Waals surface area contributed by atoms with Gasteiger partial charge in [0, 0.05) is 38.7 Å². The van der Waals surface area contributed by atoms with Gasteiger partial charge in [-0.05, 0) is 31.3 Å². The predicted molar refractivity (Wildman–Crippen MR) is 104 cm³/mol. The number of ether oxygens (including phenoxy) is 1. The fraction of sp³-hybridized carbons (Fsp3) is 0.471. The van der Waals surface area contributed by atoms with Crippen molar-refractivity contribution in [3.05, 3.63) is 33.9 Å². The van der Waals surface area contributed by atoms with Crippen molar-refractivity contribution in [2.75, 3.05) is 37.7 Å². The van der Waals surface area contributed by atoms with Crippen molar-refractivity contribution in [2.45, 2.75) is 20.3 Å². The van der Waals surface area contributed by atoms with Crippen molar-refractivity contribution in [3.63, 3.8) is 0 Å². The van der Waals surface area contributed by atoms with Gasteiger partial charge >= 0.3 is 5.97 Å². The Hall–Kier alpha value is -2.75. The lowest BCUT2D eigenvalue weighted by atomic mass is 10.1. The minimum atomic E-state index is -0.589. The molecule has 146 valence electrons. The smallest absolute Gasteiger partial charge is 0.338 e. The van der Waals surface area contributed by atoms with Crippen LogP contribution < -0.4 is 10.2 Å². The van der Waals surface area contributed by atoms with E-state index in [1.54, 1.807) is 19.9 Å². The number of thiocarbonyl (C=S) groups is 1. The Balaban J connectivity index is 2.11. The summed E-state index contributed by atoms with van der Waals surface area (Å²) in [6.45, 7) is 5.68. The van der Waals surface area contributed by atoms with E-state index in [0.29, 0.717) is 43.4 Å². The maximum Gasteiger partial charge on any atom is 0.338 e. The minimum Gasteiger partial charge on any atom is -0.462 e. The van der Waals surface area contributed by atoms with Gasteiger partial charge in [-0.15, -0.1) is 0 Å². The van der Waals surface area contributed by atoms with E-state index >= 15 is 0 Å². The van der Waals surface area contributed by atoms with Crippen LogP contribution in [0.4, 0.5) is 11.4 Å². The third-order valence-electron chi connectivity index (χ3n) is 4.16. The van der Waals surface area contributed by atoms with Gasteiger partial charge in [0.05, 0.1) is 17.1 Å². The Morgan fingerprint density at radius 1 is 1.26 bits per heavy atom. The molecule has 9 nitrogen and oxygen atoms in total. The van der Waals surface area contributed by atoms with Crippen LogP contribution >= 0.6 is 12.2 Å². The Bertz CT molecular complexity index is 747. The number of hydrogen-bond acceptors (Lipinski definition) is 7. The monoisotopic (exact) mass is 394 g/mol. The summed E-state index contributed by atoms with van der Waals surface area (Å²) < 4.78 is 4.90. The molecule has 1 amide bonds. The van der Waals surface area contributed by atoms with Gasteiger partial charge in [0.1, 0.15) is 5.69 Å². The first-order valence-electron chi connectivity index (χ1n) is 8.66. The second kappa shape index (κ2) is 9.26. The van der Waals surface area contributed by atoms with Crippen molar-refractivity contribution in [2.24, 2.45) is 0 Å². The SMILES string of the molecule is CCOC(=O)c1ccc(N2CCN(C(=S)NC(=O)CC)CC2)c([N+](=O)[O-])c1. The third-order valence-corrected chi connectivity index (χ3v) is 4.52. The molecule has 0 spiro atoms. The van der Waals surface area contributed by atoms with Gasteiger partial charge in [0.25, 0.3) is 5.69 Å². The van der Waals surface area contributed by atoms with Crippen molar-refractivity contribution in [3.8, 4) is 0 Å². The number of carbonyl (C=O) groups is 2. The standard InChI is InChI=1S/C17H22N4O5S/c1-3-15(22)18-17(27)20-9-7-19(8-10-20)13-6-5-12(16(23)26-4-2)11-14(13)21(24)25/h5-6,11H,3-4,7-10H2,1-2H3,(H,18,22,27). The molecule has 0 saturated carbocycles. The van der Waals surface area contributed by atoms with Crippen LogP contribution in [0.25, 0.3) is 0 Å². The topological polar surface area (TPSA) is 105 Å². The van der Waals surface area contributed by atoms with E-state index in [9.17, 15) is 19.7 Å². The number of carbonyl (C=O) groups excluding carboxylic acids is 2. The van der Waals surface area contributed by atoms with Crippen molar-refractivity contribution in [1.29, 1.82) is 0 Å². The number of nitrogens with zero attached hydrogens (tertiary/aromatic N) is 3. The Kier molecular flexibility index (Phi) is 7.05. The number of nitrogens with one attached hydrogen (secondary N) is 1. The minimum absolute atomic E-state index is 0.143. The molecule has 1 fully saturated rings. The van der Waals surface area contributed by atoms with Crippen LogP contribution in [0.3, 0.4) is 0 Å². The van der Waals surface area contributed by atoms with E-state index in [1.165, 1.54) is 12.1 Å². The first-order chi connectivity index (χ1) is 12.9. The summed E-state index contributed by atoms with van der Waals surface area (Å²) in [4.78, 5) is 38.0. The summed E-state index contributed by atoms with van der Waals surface area (Å²) in [5, 5.41) is 14.5. The number of piperazine rings is 1. The highest BCUT2D eigenvalue weighted by Gasteiger charge is 2.26. The molecular weight excluding hydrogens is 372 g/mol. The van der Waals surface area contributed by atoms with Crippen LogP contribution in [0, 0.1) is 10.1 Å². The summed E-state index contributed by atoms with van der Waals surface area (Å²) in [6, 6.07) is 4.34. The average Bonchev–Trinajstić information content (AvgIpc) is 2.67. The lowest BCUT2D eigenvalue weighted by Crippen LogP contribution is -2.52. The summed E-state index contributed by atoms with van der Waals surface area (Å²) in [7, 11) is 0. The van der Waals surface area contributed by atoms with Crippen molar-refractivity contribution < 1.29 is 19.2 Å². The highest BCUT2D eigenvalue weighted by atomic mass is 32.1. The van der Waals surface area contributed by atoms with E-state index in [2.05, 4.69) is 5.32 Å². The van der Waals surface area contributed by atoms with Crippen molar-refractivity contribution in [1.82, 2.24) is 10.2 Å². The molecule has 2 rings (SSSR count). The van der Waals surface area contributed by atoms with Crippen LogP contribution in [-0.2, 0) is 9.53 Å². The zero-order valence-electron chi connectivity index (χ0n) is 15.3. The van der Waals surface area contributed by atoms with Crippen LogP contribution in [0.15, 0.2) is 18.2 Å². The Morgan fingerprint density at radius 2 is 1.93 bits per heavy atom. The molecule has 27 heavy (non-hydrogen) atoms. The zero-order valence-corrected chi connectivity index (χ0v) is 16.1. The molecule has 1 saturated heterocycles. The van der Waals surface area contributed by atoms with E-state index in [4.69, 9.17) is 17.0 Å². The van der Waals surface area contributed by atoms with Gasteiger partial charge in [0.2, 0.25) is 5.91 Å². The predicted octanol–water partition coefficient (Wildman–Crippen LogP) is 1.70. The van der Waals surface area contributed by atoms with Crippen LogP contribution in [0.1, 0.15) is 30.6 Å². The molecule has 0 atom stereocenters. The number of benzene rings is 1. The number of nitro groups is 1. The summed E-state index contributed by atoms with van der Waals surface area (Å²) in [5.41, 5.74) is 0.446. The van der Waals surface area contributed by atoms with E-state index in [-0.39, 0.29) is 23.8 Å². The van der Waals surface area contributed by atoms with Gasteiger partial charge in [0.15, 0.2) is 5.11 Å². The molecular formula is C17H22N4O5S. The van der Waals surface area contributed by atoms with Gasteiger partial charge in [-0.2, -0.15) is 0 Å². The largest absolute Gasteiger partial charge is 0.462 e. The lowest BCUT2D eigenvalue weighted by Gasteiger charge is -2.37. The zero-order chi connectivity index (χ0) is 20.0. The molecule has 10 heteroatoms. The highest BCUT2D eigenvalue weighted by molar-refractivity contribution is 7.80. The van der Waals surface area contributed by atoms with E-state index in [0.717, 1.165) is 0 Å². The first-order valence-corrected chi connectivity index (χ1v) is 9.07. The summed E-state index contributed by atoms with van der Waals surface area (Å²) >= 11 is 5.23. The molecule has 0 unspecified atom stereocenters. The molecule has 1 heterocycles. The molecule has 0 aliphatic carbocycles. The molecule has 1 N–H and O–H groups in total. The number of anilines is 1. The number of amides is 1. The molecule has 1 aromatic carbocycles. The van der Waals surface area contributed by atoms with E-state index in [1.807, 2.05) is 9.80 Å². The third kappa shape index (κ3) is 5.13. The summed E-state index contributed by atoms with van der Waals surface area (Å²) in [5.74, 6) is -0.735. The van der Waals surface area contributed by atoms with Crippen LogP contribution in [-0.4, -0.2) is 59.6 Å². The molecule has 0 aromatic heterocycles. The molecule has 1 aliphatic heterocycles. The average molecular weight is 394 g/mol. The van der Waals surface area contributed by atoms with Gasteiger partial charge in [-0.1, -0.05) is 6.92 Å². The van der Waals surface area contributed by atoms with Gasteiger partial charge in [-0.3, -0.25) is 14.9 Å². The number of hydrogen-bond donors (Lipinski definition) is 1. The van der Waals surface area contributed by atoms with Gasteiger partial charge < -0.3 is 19.9 Å². The maximum atomic E-state index is 11.8. The van der Waals surface area contributed by atoms with Crippen LogP contribution in [0.2, 0.25) is 0 Å². The van der Waals surface area contributed by atoms with Gasteiger partial charge in [-0.25, -0.2) is 4.79 Å². The molecule has 0 bridgehead atoms. The molecule has 1 aliphatic rings. The normalized spacial score (nSPS) is 13.9. The second-order valence-corrected chi connectivity index (χ2v) is 6.25. The quantitative estimate of drug-likeness (QED) is 0.348. The lowest BCUT2D eigenvalue weighted by molar-refractivity contribution is -0.384. The van der Waals surface area contributed by atoms with Crippen LogP contribution in [0.5, 0.6) is 0 Å². The number of rotatable bonds is 5. The van der Waals surface area contributed by atoms with E-state index < -0.39 is 10.9 Å². The van der Waals surface area contributed by atoms with Crippen molar-refractivity contribution >= 4 is 40.6 Å².